The lowest BCUT2D eigenvalue weighted by atomic mass is 10.1. The van der Waals surface area contributed by atoms with Gasteiger partial charge < -0.3 is 52.1 Å². The third kappa shape index (κ3) is 38.6. The first-order valence-electron chi connectivity index (χ1n) is 15.7. The van der Waals surface area contributed by atoms with E-state index >= 15 is 0 Å². The summed E-state index contributed by atoms with van der Waals surface area (Å²) in [5.74, 6) is 2.25. The molecule has 0 spiro atoms. The van der Waals surface area contributed by atoms with Gasteiger partial charge in [-0.25, -0.2) is 0 Å². The summed E-state index contributed by atoms with van der Waals surface area (Å²) in [4.78, 5) is 11.6. The van der Waals surface area contributed by atoms with Gasteiger partial charge in [0.25, 0.3) is 0 Å². The molecular weight excluding hydrogens is 564 g/mol. The van der Waals surface area contributed by atoms with Gasteiger partial charge in [-0.3, -0.25) is 4.79 Å². The van der Waals surface area contributed by atoms with E-state index in [4.69, 9.17) is 58.5 Å². The fourth-order valence-corrected chi connectivity index (χ4v) is 3.27. The van der Waals surface area contributed by atoms with Crippen LogP contribution in [0.2, 0.25) is 0 Å². The molecular formula is C31H58O12. The molecule has 12 heteroatoms. The fourth-order valence-electron chi connectivity index (χ4n) is 3.27. The molecule has 0 aliphatic heterocycles. The van der Waals surface area contributed by atoms with Gasteiger partial charge in [-0.1, -0.05) is 38.5 Å². The summed E-state index contributed by atoms with van der Waals surface area (Å²) < 4.78 is 59.1. The Hall–Kier alpha value is -1.37. The molecule has 254 valence electrons. The normalized spacial score (nSPS) is 11.2. The van der Waals surface area contributed by atoms with Gasteiger partial charge in [0.05, 0.1) is 126 Å². The van der Waals surface area contributed by atoms with Crippen LogP contribution >= 0.6 is 0 Å². The topological polar surface area (TPSA) is 119 Å². The van der Waals surface area contributed by atoms with Crippen LogP contribution in [0.25, 0.3) is 0 Å². The average molecular weight is 623 g/mol. The van der Waals surface area contributed by atoms with Crippen LogP contribution < -0.4 is 0 Å². The Kier molecular flexibility index (Phi) is 37.4. The van der Waals surface area contributed by atoms with Crippen molar-refractivity contribution in [2.24, 2.45) is 0 Å². The lowest BCUT2D eigenvalue weighted by Gasteiger charge is -2.09. The molecule has 0 aromatic heterocycles. The summed E-state index contributed by atoms with van der Waals surface area (Å²) in [5, 5.41) is 0. The highest BCUT2D eigenvalue weighted by Gasteiger charge is 2.02. The number of carbonyl (C=O) groups is 1. The highest BCUT2D eigenvalue weighted by atomic mass is 16.6. The number of hydrogen-bond acceptors (Lipinski definition) is 12. The number of rotatable bonds is 37. The summed E-state index contributed by atoms with van der Waals surface area (Å²) in [6, 6.07) is 0. The van der Waals surface area contributed by atoms with Crippen molar-refractivity contribution in [3.05, 3.63) is 0 Å². The third-order valence-corrected chi connectivity index (χ3v) is 5.51. The molecule has 0 N–H and O–H groups in total. The summed E-state index contributed by atoms with van der Waals surface area (Å²) in [7, 11) is 0. The molecule has 0 radical (unpaired) electrons. The molecule has 0 heterocycles. The maximum absolute atomic E-state index is 11.6. The van der Waals surface area contributed by atoms with Crippen molar-refractivity contribution in [3.8, 4) is 12.3 Å². The van der Waals surface area contributed by atoms with Crippen molar-refractivity contribution < 1.29 is 56.9 Å². The maximum Gasteiger partial charge on any atom is 0.305 e. The Labute approximate surface area is 259 Å². The van der Waals surface area contributed by atoms with E-state index in [-0.39, 0.29) is 12.6 Å². The first-order valence-corrected chi connectivity index (χ1v) is 15.7. The van der Waals surface area contributed by atoms with Gasteiger partial charge in [0.2, 0.25) is 0 Å². The quantitative estimate of drug-likeness (QED) is 0.0576. The van der Waals surface area contributed by atoms with E-state index in [0.717, 1.165) is 12.8 Å². The smallest absolute Gasteiger partial charge is 0.305 e. The van der Waals surface area contributed by atoms with E-state index in [9.17, 15) is 4.79 Å². The van der Waals surface area contributed by atoms with E-state index in [2.05, 4.69) is 12.8 Å². The first-order chi connectivity index (χ1) is 21.3. The molecule has 0 fully saturated rings. The lowest BCUT2D eigenvalue weighted by Crippen LogP contribution is -2.15. The van der Waals surface area contributed by atoms with Gasteiger partial charge in [-0.15, -0.1) is 6.42 Å². The molecule has 0 bridgehead atoms. The summed E-state index contributed by atoms with van der Waals surface area (Å²) in [5.41, 5.74) is 0. The zero-order valence-electron chi connectivity index (χ0n) is 26.6. The molecule has 0 saturated carbocycles. The van der Waals surface area contributed by atoms with E-state index in [1.807, 2.05) is 0 Å². The van der Waals surface area contributed by atoms with Crippen LogP contribution in [-0.2, 0) is 56.9 Å². The van der Waals surface area contributed by atoms with Gasteiger partial charge in [-0.2, -0.15) is 0 Å². The number of carbonyl (C=O) groups excluding carboxylic acids is 1. The SMILES string of the molecule is C#CCOCCOCCOCCOCCOCCOCCOCCOCCOCCOCCOC(=O)CCCCCCC. The Morgan fingerprint density at radius 2 is 0.744 bits per heavy atom. The number of ether oxygens (including phenoxy) is 11. The van der Waals surface area contributed by atoms with Crippen LogP contribution in [-0.4, -0.2) is 145 Å². The Balaban J connectivity index is 3.08. The molecule has 0 aliphatic rings. The minimum absolute atomic E-state index is 0.148. The van der Waals surface area contributed by atoms with E-state index in [0.29, 0.717) is 139 Å². The predicted octanol–water partition coefficient (Wildman–Crippen LogP) is 2.69. The van der Waals surface area contributed by atoms with E-state index in [1.54, 1.807) is 0 Å². The summed E-state index contributed by atoms with van der Waals surface area (Å²) in [6.07, 6.45) is 11.2. The first kappa shape index (κ1) is 41.6. The van der Waals surface area contributed by atoms with Gasteiger partial charge in [-0.05, 0) is 6.42 Å². The molecule has 0 atom stereocenters. The average Bonchev–Trinajstić information content (AvgIpc) is 3.01. The molecule has 0 aromatic carbocycles. The molecule has 43 heavy (non-hydrogen) atoms. The third-order valence-electron chi connectivity index (χ3n) is 5.51. The second-order valence-electron chi connectivity index (χ2n) is 9.15. The molecule has 0 amide bonds. The van der Waals surface area contributed by atoms with Gasteiger partial charge in [0, 0.05) is 6.42 Å². The monoisotopic (exact) mass is 622 g/mol. The minimum atomic E-state index is -0.148. The maximum atomic E-state index is 11.6. The number of hydrogen-bond donors (Lipinski definition) is 0. The Bertz CT molecular complexity index is 588. The van der Waals surface area contributed by atoms with Crippen molar-refractivity contribution in [2.45, 2.75) is 45.4 Å². The van der Waals surface area contributed by atoms with Gasteiger partial charge >= 0.3 is 5.97 Å². The molecule has 0 saturated heterocycles. The second-order valence-corrected chi connectivity index (χ2v) is 9.15. The summed E-state index contributed by atoms with van der Waals surface area (Å²) in [6.45, 7) is 12.1. The Morgan fingerprint density at radius 3 is 1.07 bits per heavy atom. The lowest BCUT2D eigenvalue weighted by molar-refractivity contribution is -0.145. The van der Waals surface area contributed by atoms with Crippen LogP contribution in [0.5, 0.6) is 0 Å². The molecule has 0 aromatic rings. The van der Waals surface area contributed by atoms with Crippen LogP contribution in [0.3, 0.4) is 0 Å². The molecule has 12 nitrogen and oxygen atoms in total. The highest BCUT2D eigenvalue weighted by Crippen LogP contribution is 2.05. The standard InChI is InChI=1S/C31H58O12/c1-3-5-6-7-8-9-31(32)43-30-29-42-28-27-41-26-25-40-24-23-39-22-21-38-20-19-37-18-17-36-16-15-35-14-13-34-12-11-33-10-4-2/h2H,3,5-30H2,1H3. The van der Waals surface area contributed by atoms with E-state index < -0.39 is 0 Å². The van der Waals surface area contributed by atoms with Gasteiger partial charge in [0.1, 0.15) is 13.2 Å². The molecule has 0 rings (SSSR count). The van der Waals surface area contributed by atoms with Gasteiger partial charge in [0.15, 0.2) is 0 Å². The molecule has 0 aliphatic carbocycles. The minimum Gasteiger partial charge on any atom is -0.463 e. The largest absolute Gasteiger partial charge is 0.463 e. The number of unbranched alkanes of at least 4 members (excludes halogenated alkanes) is 4. The van der Waals surface area contributed by atoms with Crippen LogP contribution in [0.15, 0.2) is 0 Å². The number of esters is 1. The van der Waals surface area contributed by atoms with Crippen LogP contribution in [0.4, 0.5) is 0 Å². The van der Waals surface area contributed by atoms with Crippen molar-refractivity contribution in [3.63, 3.8) is 0 Å². The van der Waals surface area contributed by atoms with Crippen LogP contribution in [0.1, 0.15) is 45.4 Å². The fraction of sp³-hybridized carbons (Fsp3) is 0.903. The predicted molar refractivity (Wildman–Crippen MR) is 161 cm³/mol. The van der Waals surface area contributed by atoms with Crippen molar-refractivity contribution in [1.82, 2.24) is 0 Å². The van der Waals surface area contributed by atoms with E-state index in [1.165, 1.54) is 19.3 Å². The Morgan fingerprint density at radius 1 is 0.442 bits per heavy atom. The van der Waals surface area contributed by atoms with Crippen LogP contribution in [0, 0.1) is 12.3 Å². The highest BCUT2D eigenvalue weighted by molar-refractivity contribution is 5.69. The summed E-state index contributed by atoms with van der Waals surface area (Å²) >= 11 is 0. The second kappa shape index (κ2) is 38.7. The van der Waals surface area contributed by atoms with Crippen molar-refractivity contribution in [2.75, 3.05) is 139 Å². The van der Waals surface area contributed by atoms with Crippen molar-refractivity contribution in [1.29, 1.82) is 0 Å². The zero-order valence-corrected chi connectivity index (χ0v) is 26.6. The number of terminal acetylenes is 1. The molecule has 0 unspecified atom stereocenters. The zero-order chi connectivity index (χ0) is 31.2. The van der Waals surface area contributed by atoms with Crippen molar-refractivity contribution >= 4 is 5.97 Å².